The summed E-state index contributed by atoms with van der Waals surface area (Å²) in [6.45, 7) is 0. The first kappa shape index (κ1) is 8.16. The fourth-order valence-electron chi connectivity index (χ4n) is 2.79. The Bertz CT molecular complexity index is 373. The standard InChI is InChI=1S/C12H13NO/c14-10-4-5-12(8-9(12)7-10)11-3-1-2-6-13-11/h1-3,6,9H,4-5,7-8H2/t9-,12?/m1/s1. The number of aromatic nitrogens is 1. The largest absolute Gasteiger partial charge is 0.300 e. The van der Waals surface area contributed by atoms with Crippen LogP contribution < -0.4 is 0 Å². The Hall–Kier alpha value is -1.18. The summed E-state index contributed by atoms with van der Waals surface area (Å²) in [4.78, 5) is 15.7. The van der Waals surface area contributed by atoms with Crippen LogP contribution >= 0.6 is 0 Å². The summed E-state index contributed by atoms with van der Waals surface area (Å²) in [5.41, 5.74) is 1.49. The molecule has 1 heterocycles. The van der Waals surface area contributed by atoms with Crippen molar-refractivity contribution < 1.29 is 4.79 Å². The summed E-state index contributed by atoms with van der Waals surface area (Å²) in [5.74, 6) is 1.04. The van der Waals surface area contributed by atoms with E-state index < -0.39 is 0 Å². The van der Waals surface area contributed by atoms with Crippen LogP contribution in [0.5, 0.6) is 0 Å². The molecule has 2 heteroatoms. The van der Waals surface area contributed by atoms with Crippen molar-refractivity contribution in [2.24, 2.45) is 5.92 Å². The van der Waals surface area contributed by atoms with Gasteiger partial charge in [0.25, 0.3) is 0 Å². The molecule has 0 aromatic carbocycles. The van der Waals surface area contributed by atoms with E-state index in [1.54, 1.807) is 0 Å². The van der Waals surface area contributed by atoms with Gasteiger partial charge >= 0.3 is 0 Å². The fraction of sp³-hybridized carbons (Fsp3) is 0.500. The lowest BCUT2D eigenvalue weighted by Crippen LogP contribution is -2.20. The van der Waals surface area contributed by atoms with Gasteiger partial charge in [0.1, 0.15) is 5.78 Å². The SMILES string of the molecule is O=C1CCC2(c3ccccn3)C[C@H]2C1. The first-order valence-electron chi connectivity index (χ1n) is 5.24. The average Bonchev–Trinajstić information content (AvgIpc) is 2.94. The number of hydrogen-bond acceptors (Lipinski definition) is 2. The van der Waals surface area contributed by atoms with Crippen molar-refractivity contribution in [1.82, 2.24) is 4.98 Å². The predicted molar refractivity (Wildman–Crippen MR) is 52.9 cm³/mol. The van der Waals surface area contributed by atoms with Crippen LogP contribution in [-0.2, 0) is 10.2 Å². The highest BCUT2D eigenvalue weighted by Gasteiger charge is 2.58. The van der Waals surface area contributed by atoms with Gasteiger partial charge in [0.05, 0.1) is 0 Å². The molecular weight excluding hydrogens is 174 g/mol. The second-order valence-corrected chi connectivity index (χ2v) is 4.51. The van der Waals surface area contributed by atoms with E-state index in [0.717, 1.165) is 19.3 Å². The fourth-order valence-corrected chi connectivity index (χ4v) is 2.79. The van der Waals surface area contributed by atoms with E-state index >= 15 is 0 Å². The number of Topliss-reactive ketones (excluding diaryl/α,β-unsaturated/α-hetero) is 1. The molecule has 0 saturated heterocycles. The van der Waals surface area contributed by atoms with Crippen molar-refractivity contribution in [1.29, 1.82) is 0 Å². The molecule has 0 aliphatic heterocycles. The lowest BCUT2D eigenvalue weighted by molar-refractivity contribution is -0.120. The smallest absolute Gasteiger partial charge is 0.133 e. The molecule has 0 spiro atoms. The molecule has 0 bridgehead atoms. The zero-order chi connectivity index (χ0) is 9.60. The van der Waals surface area contributed by atoms with E-state index in [4.69, 9.17) is 0 Å². The zero-order valence-electron chi connectivity index (χ0n) is 8.07. The van der Waals surface area contributed by atoms with Crippen molar-refractivity contribution in [3.63, 3.8) is 0 Å². The Labute approximate surface area is 83.4 Å². The minimum absolute atomic E-state index is 0.287. The van der Waals surface area contributed by atoms with Crippen LogP contribution in [-0.4, -0.2) is 10.8 Å². The lowest BCUT2D eigenvalue weighted by Gasteiger charge is -2.20. The molecule has 1 aromatic rings. The maximum atomic E-state index is 11.3. The summed E-state index contributed by atoms with van der Waals surface area (Å²) in [6.07, 6.45) is 5.60. The highest BCUT2D eigenvalue weighted by molar-refractivity contribution is 5.81. The average molecular weight is 187 g/mol. The van der Waals surface area contributed by atoms with Crippen molar-refractivity contribution in [2.45, 2.75) is 31.1 Å². The van der Waals surface area contributed by atoms with Gasteiger partial charge in [-0.05, 0) is 30.9 Å². The van der Waals surface area contributed by atoms with Crippen LogP contribution in [0.3, 0.4) is 0 Å². The molecule has 2 nitrogen and oxygen atoms in total. The Morgan fingerprint density at radius 3 is 3.07 bits per heavy atom. The van der Waals surface area contributed by atoms with Crippen LogP contribution in [0, 0.1) is 5.92 Å². The number of ketones is 1. The molecule has 2 aliphatic rings. The molecule has 0 amide bonds. The summed E-state index contributed by atoms with van der Waals surface area (Å²) in [6, 6.07) is 6.10. The molecule has 2 fully saturated rings. The van der Waals surface area contributed by atoms with Crippen LogP contribution in [0.2, 0.25) is 0 Å². The number of carbonyl (C=O) groups excluding carboxylic acids is 1. The van der Waals surface area contributed by atoms with E-state index in [1.165, 1.54) is 12.1 Å². The Morgan fingerprint density at radius 2 is 2.36 bits per heavy atom. The van der Waals surface area contributed by atoms with Crippen molar-refractivity contribution >= 4 is 5.78 Å². The second kappa shape index (κ2) is 2.66. The van der Waals surface area contributed by atoms with Crippen molar-refractivity contribution in [3.05, 3.63) is 30.1 Å². The monoisotopic (exact) mass is 187 g/mol. The Balaban J connectivity index is 1.91. The molecule has 2 saturated carbocycles. The summed E-state index contributed by atoms with van der Waals surface area (Å²) in [7, 11) is 0. The lowest BCUT2D eigenvalue weighted by atomic mass is 9.85. The van der Waals surface area contributed by atoms with Gasteiger partial charge in [-0.2, -0.15) is 0 Å². The van der Waals surface area contributed by atoms with E-state index in [9.17, 15) is 4.79 Å². The minimum Gasteiger partial charge on any atom is -0.300 e. The van der Waals surface area contributed by atoms with E-state index in [2.05, 4.69) is 11.1 Å². The Kier molecular flexibility index (Phi) is 1.55. The Morgan fingerprint density at radius 1 is 1.43 bits per heavy atom. The molecule has 0 radical (unpaired) electrons. The molecule has 3 rings (SSSR count). The second-order valence-electron chi connectivity index (χ2n) is 4.51. The van der Waals surface area contributed by atoms with Gasteiger partial charge in [0.15, 0.2) is 0 Å². The van der Waals surface area contributed by atoms with Gasteiger partial charge in [0, 0.05) is 30.1 Å². The van der Waals surface area contributed by atoms with Gasteiger partial charge in [0.2, 0.25) is 0 Å². The van der Waals surface area contributed by atoms with Gasteiger partial charge in [-0.15, -0.1) is 0 Å². The normalized spacial score (nSPS) is 35.1. The van der Waals surface area contributed by atoms with Crippen LogP contribution in [0.4, 0.5) is 0 Å². The maximum absolute atomic E-state index is 11.3. The topological polar surface area (TPSA) is 30.0 Å². The predicted octanol–water partition coefficient (Wildman–Crippen LogP) is 2.09. The highest BCUT2D eigenvalue weighted by atomic mass is 16.1. The number of pyridine rings is 1. The van der Waals surface area contributed by atoms with Gasteiger partial charge < -0.3 is 0 Å². The quantitative estimate of drug-likeness (QED) is 0.673. The highest BCUT2D eigenvalue weighted by Crippen LogP contribution is 2.60. The molecule has 0 N–H and O–H groups in total. The van der Waals surface area contributed by atoms with Gasteiger partial charge in [-0.25, -0.2) is 0 Å². The maximum Gasteiger partial charge on any atom is 0.133 e. The summed E-state index contributed by atoms with van der Waals surface area (Å²) < 4.78 is 0. The van der Waals surface area contributed by atoms with Crippen molar-refractivity contribution in [3.8, 4) is 0 Å². The van der Waals surface area contributed by atoms with E-state index in [-0.39, 0.29) is 5.41 Å². The number of rotatable bonds is 1. The van der Waals surface area contributed by atoms with Gasteiger partial charge in [-0.3, -0.25) is 9.78 Å². The van der Waals surface area contributed by atoms with Crippen LogP contribution in [0.15, 0.2) is 24.4 Å². The third kappa shape index (κ3) is 1.03. The number of carbonyl (C=O) groups is 1. The number of nitrogens with zero attached hydrogens (tertiary/aromatic N) is 1. The summed E-state index contributed by atoms with van der Waals surface area (Å²) in [5, 5.41) is 0. The van der Waals surface area contributed by atoms with E-state index in [0.29, 0.717) is 11.7 Å². The first-order chi connectivity index (χ1) is 6.81. The minimum atomic E-state index is 0.287. The molecular formula is C12H13NO. The molecule has 2 atom stereocenters. The third-order valence-corrected chi connectivity index (χ3v) is 3.73. The van der Waals surface area contributed by atoms with Gasteiger partial charge in [-0.1, -0.05) is 6.07 Å². The van der Waals surface area contributed by atoms with Crippen molar-refractivity contribution in [2.75, 3.05) is 0 Å². The summed E-state index contributed by atoms with van der Waals surface area (Å²) >= 11 is 0. The molecule has 2 aliphatic carbocycles. The number of hydrogen-bond donors (Lipinski definition) is 0. The third-order valence-electron chi connectivity index (χ3n) is 3.73. The molecule has 72 valence electrons. The van der Waals surface area contributed by atoms with Crippen LogP contribution in [0.1, 0.15) is 31.4 Å². The molecule has 14 heavy (non-hydrogen) atoms. The zero-order valence-corrected chi connectivity index (χ0v) is 8.07. The van der Waals surface area contributed by atoms with E-state index in [1.807, 2.05) is 18.3 Å². The molecule has 1 unspecified atom stereocenters. The number of fused-ring (bicyclic) bond motifs is 1. The van der Waals surface area contributed by atoms with Crippen LogP contribution in [0.25, 0.3) is 0 Å². The molecule has 1 aromatic heterocycles. The first-order valence-corrected chi connectivity index (χ1v) is 5.24.